The fourth-order valence-corrected chi connectivity index (χ4v) is 5.03. The first-order chi connectivity index (χ1) is 15.9. The summed E-state index contributed by atoms with van der Waals surface area (Å²) in [5.41, 5.74) is 0.415. The molecule has 0 unspecified atom stereocenters. The van der Waals surface area contributed by atoms with Gasteiger partial charge in [-0.2, -0.15) is 0 Å². The zero-order valence-electron chi connectivity index (χ0n) is 19.1. The number of rotatable bonds is 10. The van der Waals surface area contributed by atoms with Gasteiger partial charge >= 0.3 is 0 Å². The summed E-state index contributed by atoms with van der Waals surface area (Å²) in [6.45, 7) is 1.81. The number of halogens is 2. The molecule has 178 valence electrons. The van der Waals surface area contributed by atoms with Crippen LogP contribution in [0.4, 0.5) is 4.39 Å². The Hall–Kier alpha value is -2.05. The third-order valence-corrected chi connectivity index (χ3v) is 7.39. The summed E-state index contributed by atoms with van der Waals surface area (Å²) in [7, 11) is 0. The van der Waals surface area contributed by atoms with E-state index in [-0.39, 0.29) is 30.2 Å². The van der Waals surface area contributed by atoms with Crippen molar-refractivity contribution in [3.05, 3.63) is 64.9 Å². The highest BCUT2D eigenvalue weighted by Gasteiger charge is 2.28. The minimum absolute atomic E-state index is 0.0785. The summed E-state index contributed by atoms with van der Waals surface area (Å²) in [4.78, 5) is 28.7. The SMILES string of the molecule is C[C@H](C(=O)NC1CCCCC1)N(Cc1ccccc1F)C(=O)CCCSc1ccc(Cl)cc1. The van der Waals surface area contributed by atoms with E-state index in [2.05, 4.69) is 5.32 Å². The highest BCUT2D eigenvalue weighted by Crippen LogP contribution is 2.23. The van der Waals surface area contributed by atoms with Crippen molar-refractivity contribution >= 4 is 35.2 Å². The van der Waals surface area contributed by atoms with Gasteiger partial charge in [-0.3, -0.25) is 9.59 Å². The maximum absolute atomic E-state index is 14.3. The number of hydrogen-bond acceptors (Lipinski definition) is 3. The Morgan fingerprint density at radius 2 is 1.82 bits per heavy atom. The lowest BCUT2D eigenvalue weighted by Gasteiger charge is -2.31. The molecule has 0 aliphatic heterocycles. The molecule has 1 saturated carbocycles. The molecular formula is C26H32ClFN2O2S. The molecule has 0 spiro atoms. The van der Waals surface area contributed by atoms with Gasteiger partial charge in [0.1, 0.15) is 11.9 Å². The number of thioether (sulfide) groups is 1. The minimum Gasteiger partial charge on any atom is -0.352 e. The molecule has 0 bridgehead atoms. The van der Waals surface area contributed by atoms with Crippen molar-refractivity contribution in [2.45, 2.75) is 75.4 Å². The minimum atomic E-state index is -0.664. The molecule has 7 heteroatoms. The second-order valence-electron chi connectivity index (χ2n) is 8.54. The van der Waals surface area contributed by atoms with Gasteiger partial charge in [0, 0.05) is 34.5 Å². The van der Waals surface area contributed by atoms with Crippen LogP contribution in [0, 0.1) is 5.82 Å². The second-order valence-corrected chi connectivity index (χ2v) is 10.1. The summed E-state index contributed by atoms with van der Waals surface area (Å²) < 4.78 is 14.3. The molecule has 0 aromatic heterocycles. The molecule has 1 atom stereocenters. The van der Waals surface area contributed by atoms with Crippen LogP contribution in [-0.4, -0.2) is 34.6 Å². The lowest BCUT2D eigenvalue weighted by Crippen LogP contribution is -2.50. The van der Waals surface area contributed by atoms with E-state index in [9.17, 15) is 14.0 Å². The number of nitrogens with zero attached hydrogens (tertiary/aromatic N) is 1. The third kappa shape index (κ3) is 8.04. The monoisotopic (exact) mass is 490 g/mol. The van der Waals surface area contributed by atoms with Gasteiger partial charge in [-0.1, -0.05) is 49.1 Å². The number of carbonyl (C=O) groups is 2. The average molecular weight is 491 g/mol. The first-order valence-electron chi connectivity index (χ1n) is 11.7. The quantitative estimate of drug-likeness (QED) is 0.318. The van der Waals surface area contributed by atoms with Crippen molar-refractivity contribution in [3.63, 3.8) is 0 Å². The maximum Gasteiger partial charge on any atom is 0.242 e. The molecule has 1 fully saturated rings. The predicted molar refractivity (Wildman–Crippen MR) is 133 cm³/mol. The number of benzene rings is 2. The van der Waals surface area contributed by atoms with Crippen LogP contribution in [0.2, 0.25) is 5.02 Å². The van der Waals surface area contributed by atoms with Gasteiger partial charge in [0.05, 0.1) is 0 Å². The molecule has 0 heterocycles. The van der Waals surface area contributed by atoms with Crippen molar-refractivity contribution < 1.29 is 14.0 Å². The summed E-state index contributed by atoms with van der Waals surface area (Å²) in [6, 6.07) is 13.5. The summed E-state index contributed by atoms with van der Waals surface area (Å²) >= 11 is 7.58. The molecule has 2 amide bonds. The molecule has 0 radical (unpaired) electrons. The largest absolute Gasteiger partial charge is 0.352 e. The number of amides is 2. The average Bonchev–Trinajstić information content (AvgIpc) is 2.82. The molecule has 33 heavy (non-hydrogen) atoms. The van der Waals surface area contributed by atoms with Crippen molar-refractivity contribution in [3.8, 4) is 0 Å². The van der Waals surface area contributed by atoms with E-state index in [0.717, 1.165) is 36.3 Å². The van der Waals surface area contributed by atoms with Crippen LogP contribution < -0.4 is 5.32 Å². The van der Waals surface area contributed by atoms with E-state index < -0.39 is 6.04 Å². The van der Waals surface area contributed by atoms with Gasteiger partial charge in [-0.25, -0.2) is 4.39 Å². The van der Waals surface area contributed by atoms with Gasteiger partial charge in [0.15, 0.2) is 0 Å². The van der Waals surface area contributed by atoms with Crippen LogP contribution in [0.25, 0.3) is 0 Å². The Labute approximate surface area is 205 Å². The van der Waals surface area contributed by atoms with E-state index in [1.54, 1.807) is 36.9 Å². The Morgan fingerprint density at radius 1 is 1.12 bits per heavy atom. The van der Waals surface area contributed by atoms with Gasteiger partial charge in [-0.15, -0.1) is 11.8 Å². The molecule has 1 aliphatic carbocycles. The van der Waals surface area contributed by atoms with Gasteiger partial charge in [0.2, 0.25) is 11.8 Å². The van der Waals surface area contributed by atoms with E-state index in [1.165, 1.54) is 17.4 Å². The normalized spacial score (nSPS) is 15.1. The molecule has 2 aromatic rings. The fraction of sp³-hybridized carbons (Fsp3) is 0.462. The van der Waals surface area contributed by atoms with Crippen molar-refractivity contribution in [1.82, 2.24) is 10.2 Å². The third-order valence-electron chi connectivity index (χ3n) is 6.03. The van der Waals surface area contributed by atoms with E-state index in [1.807, 2.05) is 24.3 Å². The number of nitrogens with one attached hydrogen (secondary N) is 1. The summed E-state index contributed by atoms with van der Waals surface area (Å²) in [5.74, 6) is 0.0979. The summed E-state index contributed by atoms with van der Waals surface area (Å²) in [5, 5.41) is 3.80. The second kappa shape index (κ2) is 13.0. The Kier molecular flexibility index (Phi) is 10.1. The molecule has 2 aromatic carbocycles. The predicted octanol–water partition coefficient (Wildman–Crippen LogP) is 6.22. The Bertz CT molecular complexity index is 919. The van der Waals surface area contributed by atoms with Crippen LogP contribution in [0.1, 0.15) is 57.4 Å². The smallest absolute Gasteiger partial charge is 0.242 e. The van der Waals surface area contributed by atoms with E-state index in [4.69, 9.17) is 11.6 Å². The molecule has 1 N–H and O–H groups in total. The lowest BCUT2D eigenvalue weighted by atomic mass is 9.95. The first kappa shape index (κ1) is 25.6. The summed E-state index contributed by atoms with van der Waals surface area (Å²) in [6.07, 6.45) is 6.34. The van der Waals surface area contributed by atoms with E-state index >= 15 is 0 Å². The zero-order valence-corrected chi connectivity index (χ0v) is 20.6. The topological polar surface area (TPSA) is 49.4 Å². The van der Waals surface area contributed by atoms with Crippen molar-refractivity contribution in [2.75, 3.05) is 5.75 Å². The molecule has 4 nitrogen and oxygen atoms in total. The van der Waals surface area contributed by atoms with Gasteiger partial charge in [-0.05, 0) is 62.3 Å². The van der Waals surface area contributed by atoms with Gasteiger partial charge < -0.3 is 10.2 Å². The number of hydrogen-bond donors (Lipinski definition) is 1. The highest BCUT2D eigenvalue weighted by molar-refractivity contribution is 7.99. The fourth-order valence-electron chi connectivity index (χ4n) is 4.05. The lowest BCUT2D eigenvalue weighted by molar-refractivity contribution is -0.141. The standard InChI is InChI=1S/C26H32ClFN2O2S/c1-19(26(32)29-22-9-3-2-4-10-22)30(18-20-8-5-6-11-24(20)28)25(31)12-7-17-33-23-15-13-21(27)14-16-23/h5-6,8,11,13-16,19,22H,2-4,7,9-10,12,17-18H2,1H3,(H,29,32)/t19-/m1/s1. The van der Waals surface area contributed by atoms with Crippen molar-refractivity contribution in [2.24, 2.45) is 0 Å². The van der Waals surface area contributed by atoms with Crippen LogP contribution in [0.3, 0.4) is 0 Å². The zero-order chi connectivity index (χ0) is 23.6. The molecule has 3 rings (SSSR count). The van der Waals surface area contributed by atoms with E-state index in [0.29, 0.717) is 23.4 Å². The Balaban J connectivity index is 1.60. The maximum atomic E-state index is 14.3. The van der Waals surface area contributed by atoms with Crippen LogP contribution in [0.5, 0.6) is 0 Å². The number of carbonyl (C=O) groups excluding carboxylic acids is 2. The van der Waals surface area contributed by atoms with Crippen molar-refractivity contribution in [1.29, 1.82) is 0 Å². The molecule has 1 aliphatic rings. The Morgan fingerprint density at radius 3 is 2.52 bits per heavy atom. The molecule has 0 saturated heterocycles. The van der Waals surface area contributed by atoms with Crippen LogP contribution >= 0.6 is 23.4 Å². The van der Waals surface area contributed by atoms with Crippen LogP contribution in [-0.2, 0) is 16.1 Å². The highest BCUT2D eigenvalue weighted by atomic mass is 35.5. The van der Waals surface area contributed by atoms with Gasteiger partial charge in [0.25, 0.3) is 0 Å². The first-order valence-corrected chi connectivity index (χ1v) is 13.0. The molecular weight excluding hydrogens is 459 g/mol. The van der Waals surface area contributed by atoms with Crippen LogP contribution in [0.15, 0.2) is 53.4 Å².